The summed E-state index contributed by atoms with van der Waals surface area (Å²) in [5.41, 5.74) is 3.79. The van der Waals surface area contributed by atoms with E-state index in [1.807, 2.05) is 17.8 Å². The fourth-order valence-corrected chi connectivity index (χ4v) is 4.37. The van der Waals surface area contributed by atoms with Gasteiger partial charge in [0.15, 0.2) is 5.17 Å². The molecule has 1 aliphatic rings. The molecule has 0 unspecified atom stereocenters. The van der Waals surface area contributed by atoms with Gasteiger partial charge in [-0.1, -0.05) is 62.0 Å². The van der Waals surface area contributed by atoms with Crippen molar-refractivity contribution in [1.82, 2.24) is 4.90 Å². The smallest absolute Gasteiger partial charge is 0.168 e. The molecule has 0 N–H and O–H groups in total. The Hall–Kier alpha value is -1.78. The molecule has 138 valence electrons. The number of para-hydroxylation sites is 2. The molecule has 1 heterocycles. The van der Waals surface area contributed by atoms with E-state index in [0.29, 0.717) is 0 Å². The summed E-state index contributed by atoms with van der Waals surface area (Å²) in [4.78, 5) is 9.90. The zero-order valence-electron chi connectivity index (χ0n) is 15.9. The highest BCUT2D eigenvalue weighted by Gasteiger charge is 2.21. The Kier molecular flexibility index (Phi) is 7.15. The van der Waals surface area contributed by atoms with E-state index in [4.69, 9.17) is 4.99 Å². The molecule has 0 saturated heterocycles. The van der Waals surface area contributed by atoms with Gasteiger partial charge >= 0.3 is 0 Å². The molecule has 0 bridgehead atoms. The van der Waals surface area contributed by atoms with Crippen molar-refractivity contribution in [1.29, 1.82) is 0 Å². The number of hydrogen-bond donors (Lipinski definition) is 0. The summed E-state index contributed by atoms with van der Waals surface area (Å²) in [6.07, 6.45) is 2.34. The average Bonchev–Trinajstić information content (AvgIpc) is 2.71. The molecule has 2 aromatic carbocycles. The van der Waals surface area contributed by atoms with Crippen LogP contribution in [0.1, 0.15) is 25.8 Å². The number of benzene rings is 2. The lowest BCUT2D eigenvalue weighted by Crippen LogP contribution is -2.34. The number of rotatable bonds is 6. The van der Waals surface area contributed by atoms with E-state index in [-0.39, 0.29) is 0 Å². The first-order chi connectivity index (χ1) is 12.8. The van der Waals surface area contributed by atoms with E-state index in [9.17, 15) is 0 Å². The Morgan fingerprint density at radius 3 is 2.54 bits per heavy atom. The van der Waals surface area contributed by atoms with E-state index in [1.165, 1.54) is 17.7 Å². The Morgan fingerprint density at radius 1 is 1.04 bits per heavy atom. The highest BCUT2D eigenvalue weighted by Crippen LogP contribution is 2.30. The number of amidine groups is 1. The minimum absolute atomic E-state index is 1.03. The Balaban J connectivity index is 1.83. The fourth-order valence-electron chi connectivity index (χ4n) is 3.32. The van der Waals surface area contributed by atoms with Crippen molar-refractivity contribution in [3.63, 3.8) is 0 Å². The molecule has 3 nitrogen and oxygen atoms in total. The van der Waals surface area contributed by atoms with Crippen molar-refractivity contribution in [3.05, 3.63) is 60.2 Å². The van der Waals surface area contributed by atoms with Crippen LogP contribution in [0.15, 0.2) is 59.6 Å². The molecule has 4 heteroatoms. The SMILES string of the molecule is CCN(CC)CCSC(=Nc1ccccc1)N1CCCc2ccccc21. The van der Waals surface area contributed by atoms with Crippen molar-refractivity contribution >= 4 is 28.3 Å². The largest absolute Gasteiger partial charge is 0.321 e. The fraction of sp³-hybridized carbons (Fsp3) is 0.409. The summed E-state index contributed by atoms with van der Waals surface area (Å²) in [7, 11) is 0. The summed E-state index contributed by atoms with van der Waals surface area (Å²) >= 11 is 1.88. The van der Waals surface area contributed by atoms with Crippen molar-refractivity contribution in [3.8, 4) is 0 Å². The summed E-state index contributed by atoms with van der Waals surface area (Å²) < 4.78 is 0. The predicted molar refractivity (Wildman–Crippen MR) is 116 cm³/mol. The zero-order chi connectivity index (χ0) is 18.2. The number of fused-ring (bicyclic) bond motifs is 1. The standard InChI is InChI=1S/C22H29N3S/c1-3-24(4-2)17-18-26-22(23-20-13-6-5-7-14-20)25-16-10-12-19-11-8-9-15-21(19)25/h5-9,11,13-15H,3-4,10,12,16-18H2,1-2H3. The van der Waals surface area contributed by atoms with Gasteiger partial charge in [-0.05, 0) is 49.7 Å². The zero-order valence-corrected chi connectivity index (χ0v) is 16.7. The summed E-state index contributed by atoms with van der Waals surface area (Å²) in [6.45, 7) is 8.81. The number of aliphatic imine (C=N–C) groups is 1. The van der Waals surface area contributed by atoms with Crippen LogP contribution in [0.25, 0.3) is 0 Å². The maximum atomic E-state index is 5.02. The van der Waals surface area contributed by atoms with Crippen LogP contribution >= 0.6 is 11.8 Å². The quantitative estimate of drug-likeness (QED) is 0.516. The van der Waals surface area contributed by atoms with Crippen LogP contribution in [-0.2, 0) is 6.42 Å². The Labute approximate surface area is 162 Å². The molecule has 0 radical (unpaired) electrons. The van der Waals surface area contributed by atoms with Crippen LogP contribution in [0.3, 0.4) is 0 Å². The molecular formula is C22H29N3S. The first kappa shape index (κ1) is 19.0. The molecule has 0 saturated carbocycles. The van der Waals surface area contributed by atoms with Crippen LogP contribution in [-0.4, -0.2) is 42.0 Å². The summed E-state index contributed by atoms with van der Waals surface area (Å²) in [6, 6.07) is 19.1. The van der Waals surface area contributed by atoms with Gasteiger partial charge in [0.05, 0.1) is 5.69 Å². The third-order valence-corrected chi connectivity index (χ3v) is 5.81. The molecule has 0 amide bonds. The lowest BCUT2D eigenvalue weighted by atomic mass is 10.0. The van der Waals surface area contributed by atoms with E-state index in [1.54, 1.807) is 0 Å². The van der Waals surface area contributed by atoms with Crippen molar-refractivity contribution < 1.29 is 0 Å². The number of thioether (sulfide) groups is 1. The molecule has 0 aliphatic carbocycles. The second-order valence-corrected chi connectivity index (χ2v) is 7.55. The number of nitrogens with zero attached hydrogens (tertiary/aromatic N) is 3. The van der Waals surface area contributed by atoms with E-state index >= 15 is 0 Å². The van der Waals surface area contributed by atoms with Gasteiger partial charge in [0, 0.05) is 24.5 Å². The monoisotopic (exact) mass is 367 g/mol. The number of anilines is 1. The summed E-state index contributed by atoms with van der Waals surface area (Å²) in [5.74, 6) is 1.06. The molecule has 26 heavy (non-hydrogen) atoms. The van der Waals surface area contributed by atoms with Gasteiger partial charge in [-0.15, -0.1) is 0 Å². The number of hydrogen-bond acceptors (Lipinski definition) is 3. The lowest BCUT2D eigenvalue weighted by molar-refractivity contribution is 0.324. The normalized spacial score (nSPS) is 14.6. The topological polar surface area (TPSA) is 18.8 Å². The van der Waals surface area contributed by atoms with Crippen molar-refractivity contribution in [2.45, 2.75) is 26.7 Å². The molecule has 0 spiro atoms. The molecule has 0 fully saturated rings. The van der Waals surface area contributed by atoms with Gasteiger partial charge in [0.1, 0.15) is 0 Å². The van der Waals surface area contributed by atoms with Crippen LogP contribution in [0.5, 0.6) is 0 Å². The maximum Gasteiger partial charge on any atom is 0.168 e. The van der Waals surface area contributed by atoms with Crippen LogP contribution in [0.2, 0.25) is 0 Å². The van der Waals surface area contributed by atoms with Crippen molar-refractivity contribution in [2.75, 3.05) is 36.8 Å². The Bertz CT molecular complexity index is 710. The van der Waals surface area contributed by atoms with E-state index < -0.39 is 0 Å². The third kappa shape index (κ3) is 4.89. The minimum atomic E-state index is 1.03. The second kappa shape index (κ2) is 9.79. The van der Waals surface area contributed by atoms with Gasteiger partial charge in [-0.25, -0.2) is 4.99 Å². The molecule has 1 aliphatic heterocycles. The van der Waals surface area contributed by atoms with Gasteiger partial charge in [-0.2, -0.15) is 0 Å². The van der Waals surface area contributed by atoms with Gasteiger partial charge in [0.2, 0.25) is 0 Å². The van der Waals surface area contributed by atoms with E-state index in [0.717, 1.165) is 49.2 Å². The Morgan fingerprint density at radius 2 is 1.77 bits per heavy atom. The average molecular weight is 368 g/mol. The first-order valence-electron chi connectivity index (χ1n) is 9.66. The minimum Gasteiger partial charge on any atom is -0.321 e. The van der Waals surface area contributed by atoms with Gasteiger partial charge in [-0.3, -0.25) is 0 Å². The van der Waals surface area contributed by atoms with Crippen LogP contribution in [0, 0.1) is 0 Å². The second-order valence-electron chi connectivity index (χ2n) is 6.49. The maximum absolute atomic E-state index is 5.02. The molecule has 0 atom stereocenters. The molecule has 3 rings (SSSR count). The predicted octanol–water partition coefficient (Wildman–Crippen LogP) is 5.20. The first-order valence-corrected chi connectivity index (χ1v) is 10.6. The molecule has 2 aromatic rings. The van der Waals surface area contributed by atoms with Crippen molar-refractivity contribution in [2.24, 2.45) is 4.99 Å². The highest BCUT2D eigenvalue weighted by molar-refractivity contribution is 8.14. The molecule has 0 aromatic heterocycles. The van der Waals surface area contributed by atoms with Gasteiger partial charge < -0.3 is 9.80 Å². The lowest BCUT2D eigenvalue weighted by Gasteiger charge is -2.32. The van der Waals surface area contributed by atoms with Gasteiger partial charge in [0.25, 0.3) is 0 Å². The number of aryl methyl sites for hydroxylation is 1. The third-order valence-electron chi connectivity index (χ3n) is 4.86. The summed E-state index contributed by atoms with van der Waals surface area (Å²) in [5, 5.41) is 1.12. The highest BCUT2D eigenvalue weighted by atomic mass is 32.2. The molecular weight excluding hydrogens is 338 g/mol. The van der Waals surface area contributed by atoms with Crippen LogP contribution in [0.4, 0.5) is 11.4 Å². The van der Waals surface area contributed by atoms with Crippen LogP contribution < -0.4 is 4.90 Å². The van der Waals surface area contributed by atoms with E-state index in [2.05, 4.69) is 72.2 Å².